The van der Waals surface area contributed by atoms with Gasteiger partial charge in [-0.2, -0.15) is 0 Å². The highest BCUT2D eigenvalue weighted by Crippen LogP contribution is 2.24. The summed E-state index contributed by atoms with van der Waals surface area (Å²) in [4.78, 5) is 10.6. The summed E-state index contributed by atoms with van der Waals surface area (Å²) in [6.45, 7) is 5.39. The van der Waals surface area contributed by atoms with Crippen LogP contribution in [0.4, 0.5) is 5.69 Å². The molecule has 5 heteroatoms. The summed E-state index contributed by atoms with van der Waals surface area (Å²) in [7, 11) is 0. The number of nitrogens with zero attached hydrogens (tertiary/aromatic N) is 1. The Morgan fingerprint density at radius 2 is 2.11 bits per heavy atom. The van der Waals surface area contributed by atoms with E-state index in [4.69, 9.17) is 4.74 Å². The molecular weight excluding hydrogens is 244 g/mol. The van der Waals surface area contributed by atoms with Gasteiger partial charge in [-0.3, -0.25) is 10.1 Å². The van der Waals surface area contributed by atoms with E-state index in [1.165, 1.54) is 0 Å². The molecule has 1 heterocycles. The van der Waals surface area contributed by atoms with Crippen molar-refractivity contribution < 1.29 is 9.66 Å². The lowest BCUT2D eigenvalue weighted by molar-refractivity contribution is -0.385. The molecule has 1 unspecified atom stereocenters. The van der Waals surface area contributed by atoms with Crippen LogP contribution in [0.2, 0.25) is 0 Å². The molecule has 1 aliphatic heterocycles. The van der Waals surface area contributed by atoms with Crippen LogP contribution in [0.1, 0.15) is 36.9 Å². The Morgan fingerprint density at radius 1 is 1.42 bits per heavy atom. The Bertz CT molecular complexity index is 456. The van der Waals surface area contributed by atoms with Gasteiger partial charge in [-0.15, -0.1) is 0 Å². The first-order valence-electron chi connectivity index (χ1n) is 6.66. The standard InChI is InChI=1S/C14H20N2O3/c1-10-3-4-12(9-14(10)16(17)18)11(2)15-13-5-7-19-8-6-13/h3-4,9,11,13,15H,5-8H2,1-2H3. The Labute approximate surface area is 113 Å². The number of nitro benzene ring substituents is 1. The van der Waals surface area contributed by atoms with Crippen LogP contribution >= 0.6 is 0 Å². The van der Waals surface area contributed by atoms with Gasteiger partial charge in [-0.25, -0.2) is 0 Å². The minimum atomic E-state index is -0.319. The normalized spacial score (nSPS) is 18.2. The molecule has 0 bridgehead atoms. The van der Waals surface area contributed by atoms with E-state index < -0.39 is 0 Å². The van der Waals surface area contributed by atoms with E-state index >= 15 is 0 Å². The van der Waals surface area contributed by atoms with Gasteiger partial charge < -0.3 is 10.1 Å². The highest BCUT2D eigenvalue weighted by molar-refractivity contribution is 5.43. The zero-order chi connectivity index (χ0) is 13.8. The quantitative estimate of drug-likeness (QED) is 0.671. The van der Waals surface area contributed by atoms with Gasteiger partial charge in [0.15, 0.2) is 0 Å². The Hall–Kier alpha value is -1.46. The van der Waals surface area contributed by atoms with Gasteiger partial charge >= 0.3 is 0 Å². The van der Waals surface area contributed by atoms with E-state index in [-0.39, 0.29) is 16.7 Å². The molecule has 1 aromatic carbocycles. The molecule has 1 atom stereocenters. The van der Waals surface area contributed by atoms with Gasteiger partial charge in [0.1, 0.15) is 0 Å². The molecule has 0 saturated carbocycles. The molecule has 2 rings (SSSR count). The first-order valence-corrected chi connectivity index (χ1v) is 6.66. The fraction of sp³-hybridized carbons (Fsp3) is 0.571. The van der Waals surface area contributed by atoms with E-state index in [9.17, 15) is 10.1 Å². The van der Waals surface area contributed by atoms with Crippen LogP contribution in [0.15, 0.2) is 18.2 Å². The number of nitro groups is 1. The summed E-state index contributed by atoms with van der Waals surface area (Å²) < 4.78 is 5.32. The van der Waals surface area contributed by atoms with Crippen molar-refractivity contribution in [3.63, 3.8) is 0 Å². The molecule has 1 fully saturated rings. The monoisotopic (exact) mass is 264 g/mol. The third-order valence-corrected chi connectivity index (χ3v) is 3.64. The second-order valence-corrected chi connectivity index (χ2v) is 5.08. The van der Waals surface area contributed by atoms with Gasteiger partial charge in [0, 0.05) is 36.9 Å². The van der Waals surface area contributed by atoms with Crippen molar-refractivity contribution in [1.82, 2.24) is 5.32 Å². The molecule has 0 spiro atoms. The van der Waals surface area contributed by atoms with Crippen molar-refractivity contribution in [2.45, 2.75) is 38.8 Å². The van der Waals surface area contributed by atoms with Crippen LogP contribution < -0.4 is 5.32 Å². The van der Waals surface area contributed by atoms with Gasteiger partial charge in [0.2, 0.25) is 0 Å². The van der Waals surface area contributed by atoms with Crippen molar-refractivity contribution in [1.29, 1.82) is 0 Å². The number of rotatable bonds is 4. The summed E-state index contributed by atoms with van der Waals surface area (Å²) in [5.74, 6) is 0. The fourth-order valence-corrected chi connectivity index (χ4v) is 2.41. The lowest BCUT2D eigenvalue weighted by Crippen LogP contribution is -2.36. The molecule has 0 aromatic heterocycles. The minimum absolute atomic E-state index is 0.113. The number of aryl methyl sites for hydroxylation is 1. The molecular formula is C14H20N2O3. The van der Waals surface area contributed by atoms with Gasteiger partial charge in [-0.05, 0) is 32.3 Å². The molecule has 1 aromatic rings. The predicted octanol–water partition coefficient (Wildman–Crippen LogP) is 2.73. The summed E-state index contributed by atoms with van der Waals surface area (Å²) in [6.07, 6.45) is 2.00. The number of ether oxygens (including phenoxy) is 1. The van der Waals surface area contributed by atoms with Crippen molar-refractivity contribution in [2.24, 2.45) is 0 Å². The van der Waals surface area contributed by atoms with Crippen LogP contribution in [0, 0.1) is 17.0 Å². The van der Waals surface area contributed by atoms with Gasteiger partial charge in [-0.1, -0.05) is 12.1 Å². The molecule has 19 heavy (non-hydrogen) atoms. The summed E-state index contributed by atoms with van der Waals surface area (Å²) in [5, 5.41) is 14.5. The lowest BCUT2D eigenvalue weighted by Gasteiger charge is -2.27. The molecule has 0 radical (unpaired) electrons. The number of hydrogen-bond acceptors (Lipinski definition) is 4. The average Bonchev–Trinajstić information content (AvgIpc) is 2.40. The number of nitrogens with one attached hydrogen (secondary N) is 1. The maximum atomic E-state index is 11.0. The van der Waals surface area contributed by atoms with Crippen molar-refractivity contribution >= 4 is 5.69 Å². The minimum Gasteiger partial charge on any atom is -0.381 e. The molecule has 104 valence electrons. The first-order chi connectivity index (χ1) is 9.08. The molecule has 0 amide bonds. The van der Waals surface area contributed by atoms with Crippen molar-refractivity contribution in [2.75, 3.05) is 13.2 Å². The third kappa shape index (κ3) is 3.52. The highest BCUT2D eigenvalue weighted by atomic mass is 16.6. The Balaban J connectivity index is 2.07. The largest absolute Gasteiger partial charge is 0.381 e. The van der Waals surface area contributed by atoms with E-state index in [0.29, 0.717) is 11.6 Å². The van der Waals surface area contributed by atoms with Crippen LogP contribution in [0.5, 0.6) is 0 Å². The third-order valence-electron chi connectivity index (χ3n) is 3.64. The number of benzene rings is 1. The van der Waals surface area contributed by atoms with Crippen LogP contribution in [0.25, 0.3) is 0 Å². The smallest absolute Gasteiger partial charge is 0.272 e. The molecule has 1 saturated heterocycles. The summed E-state index contributed by atoms with van der Waals surface area (Å²) >= 11 is 0. The Kier molecular flexibility index (Phi) is 4.50. The van der Waals surface area contributed by atoms with Crippen molar-refractivity contribution in [3.8, 4) is 0 Å². The second kappa shape index (κ2) is 6.12. The zero-order valence-electron chi connectivity index (χ0n) is 11.4. The summed E-state index contributed by atoms with van der Waals surface area (Å²) in [5.41, 5.74) is 1.86. The van der Waals surface area contributed by atoms with Crippen LogP contribution in [0.3, 0.4) is 0 Å². The molecule has 5 nitrogen and oxygen atoms in total. The second-order valence-electron chi connectivity index (χ2n) is 5.08. The van der Waals surface area contributed by atoms with E-state index in [0.717, 1.165) is 31.6 Å². The predicted molar refractivity (Wildman–Crippen MR) is 73.2 cm³/mol. The van der Waals surface area contributed by atoms with E-state index in [2.05, 4.69) is 5.32 Å². The summed E-state index contributed by atoms with van der Waals surface area (Å²) in [6, 6.07) is 5.99. The topological polar surface area (TPSA) is 64.4 Å². The van der Waals surface area contributed by atoms with Crippen molar-refractivity contribution in [3.05, 3.63) is 39.4 Å². The SMILES string of the molecule is Cc1ccc(C(C)NC2CCOCC2)cc1[N+](=O)[O-]. The van der Waals surface area contributed by atoms with Crippen LogP contribution in [-0.2, 0) is 4.74 Å². The van der Waals surface area contributed by atoms with Gasteiger partial charge in [0.25, 0.3) is 5.69 Å². The molecule has 0 aliphatic carbocycles. The average molecular weight is 264 g/mol. The number of hydrogen-bond donors (Lipinski definition) is 1. The lowest BCUT2D eigenvalue weighted by atomic mass is 10.0. The first kappa shape index (κ1) is 14.0. The maximum Gasteiger partial charge on any atom is 0.272 e. The zero-order valence-corrected chi connectivity index (χ0v) is 11.4. The maximum absolute atomic E-state index is 11.0. The molecule has 1 aliphatic rings. The van der Waals surface area contributed by atoms with Crippen LogP contribution in [-0.4, -0.2) is 24.2 Å². The Morgan fingerprint density at radius 3 is 2.74 bits per heavy atom. The van der Waals surface area contributed by atoms with E-state index in [1.54, 1.807) is 13.0 Å². The fourth-order valence-electron chi connectivity index (χ4n) is 2.41. The molecule has 1 N–H and O–H groups in total. The van der Waals surface area contributed by atoms with E-state index in [1.807, 2.05) is 19.1 Å². The van der Waals surface area contributed by atoms with Gasteiger partial charge in [0.05, 0.1) is 4.92 Å². The highest BCUT2D eigenvalue weighted by Gasteiger charge is 2.19.